The van der Waals surface area contributed by atoms with E-state index < -0.39 is 6.10 Å². The van der Waals surface area contributed by atoms with Crippen LogP contribution in [-0.2, 0) is 0 Å². The zero-order chi connectivity index (χ0) is 11.4. The number of halogens is 1. The molecule has 1 rings (SSSR count). The van der Waals surface area contributed by atoms with Crippen LogP contribution >= 0.6 is 11.6 Å². The van der Waals surface area contributed by atoms with Gasteiger partial charge in [0.2, 0.25) is 0 Å². The molecular weight excluding hydrogens is 216 g/mol. The molecular formula is C10H13ClN2O2. The number of rotatable bonds is 3. The van der Waals surface area contributed by atoms with E-state index in [1.54, 1.807) is 25.1 Å². The lowest BCUT2D eigenvalue weighted by atomic mass is 10.2. The third-order valence-electron chi connectivity index (χ3n) is 1.97. The van der Waals surface area contributed by atoms with Crippen molar-refractivity contribution in [3.8, 4) is 5.75 Å². The number of nitrogens with zero attached hydrogens (tertiary/aromatic N) is 1. The molecule has 0 fully saturated rings. The summed E-state index contributed by atoms with van der Waals surface area (Å²) in [4.78, 5) is 0. The zero-order valence-corrected chi connectivity index (χ0v) is 9.32. The smallest absolute Gasteiger partial charge is 0.180 e. The Hall–Kier alpha value is -1.42. The van der Waals surface area contributed by atoms with Gasteiger partial charge in [0, 0.05) is 5.02 Å². The zero-order valence-electron chi connectivity index (χ0n) is 8.57. The second kappa shape index (κ2) is 4.89. The van der Waals surface area contributed by atoms with Gasteiger partial charge >= 0.3 is 0 Å². The Balaban J connectivity index is 2.77. The van der Waals surface area contributed by atoms with E-state index in [1.807, 2.05) is 6.92 Å². The first-order valence-electron chi connectivity index (χ1n) is 4.45. The highest BCUT2D eigenvalue weighted by molar-refractivity contribution is 6.31. The normalized spacial score (nSPS) is 13.7. The monoisotopic (exact) mass is 228 g/mol. The Morgan fingerprint density at radius 2 is 2.27 bits per heavy atom. The number of ether oxygens (including phenoxy) is 1. The van der Waals surface area contributed by atoms with E-state index in [0.29, 0.717) is 10.8 Å². The summed E-state index contributed by atoms with van der Waals surface area (Å²) in [6.45, 7) is 3.57. The molecule has 3 N–H and O–H groups in total. The Labute approximate surface area is 93.3 Å². The summed E-state index contributed by atoms with van der Waals surface area (Å²) in [6.07, 6.45) is -0.476. The van der Waals surface area contributed by atoms with Crippen LogP contribution in [0.25, 0.3) is 0 Å². The first-order valence-corrected chi connectivity index (χ1v) is 4.82. The fraction of sp³-hybridized carbons (Fsp3) is 0.300. The van der Waals surface area contributed by atoms with Gasteiger partial charge in [0.05, 0.1) is 0 Å². The molecule has 1 unspecified atom stereocenters. The predicted molar refractivity (Wildman–Crippen MR) is 59.7 cm³/mol. The van der Waals surface area contributed by atoms with Crippen molar-refractivity contribution in [2.45, 2.75) is 20.0 Å². The highest BCUT2D eigenvalue weighted by Gasteiger charge is 2.09. The van der Waals surface area contributed by atoms with Gasteiger partial charge in [-0.3, -0.25) is 0 Å². The van der Waals surface area contributed by atoms with Crippen LogP contribution in [-0.4, -0.2) is 17.1 Å². The fourth-order valence-electron chi connectivity index (χ4n) is 1.04. The minimum atomic E-state index is -0.476. The Kier molecular flexibility index (Phi) is 3.80. The lowest BCUT2D eigenvalue weighted by Gasteiger charge is -2.13. The average molecular weight is 229 g/mol. The van der Waals surface area contributed by atoms with Crippen molar-refractivity contribution in [2.24, 2.45) is 10.9 Å². The molecule has 4 nitrogen and oxygen atoms in total. The van der Waals surface area contributed by atoms with Crippen molar-refractivity contribution >= 4 is 17.4 Å². The van der Waals surface area contributed by atoms with Crippen LogP contribution in [0.4, 0.5) is 0 Å². The summed E-state index contributed by atoms with van der Waals surface area (Å²) >= 11 is 5.86. The van der Waals surface area contributed by atoms with Crippen LogP contribution in [0.15, 0.2) is 23.4 Å². The van der Waals surface area contributed by atoms with Gasteiger partial charge in [0.15, 0.2) is 11.9 Å². The Morgan fingerprint density at radius 1 is 1.60 bits per heavy atom. The van der Waals surface area contributed by atoms with Gasteiger partial charge in [-0.2, -0.15) is 0 Å². The topological polar surface area (TPSA) is 67.8 Å². The summed E-state index contributed by atoms with van der Waals surface area (Å²) in [6, 6.07) is 5.27. The maximum atomic E-state index is 8.44. The molecule has 0 heterocycles. The molecule has 0 aliphatic heterocycles. The lowest BCUT2D eigenvalue weighted by molar-refractivity contribution is 0.265. The highest BCUT2D eigenvalue weighted by Crippen LogP contribution is 2.21. The number of oxime groups is 1. The van der Waals surface area contributed by atoms with Gasteiger partial charge in [-0.15, -0.1) is 0 Å². The lowest BCUT2D eigenvalue weighted by Crippen LogP contribution is -2.31. The van der Waals surface area contributed by atoms with Crippen molar-refractivity contribution in [3.63, 3.8) is 0 Å². The van der Waals surface area contributed by atoms with Crippen LogP contribution in [0.5, 0.6) is 5.75 Å². The van der Waals surface area contributed by atoms with E-state index in [4.69, 9.17) is 27.3 Å². The van der Waals surface area contributed by atoms with Crippen molar-refractivity contribution in [1.82, 2.24) is 0 Å². The van der Waals surface area contributed by atoms with Crippen LogP contribution in [0, 0.1) is 6.92 Å². The molecule has 82 valence electrons. The Bertz CT molecular complexity index is 380. The molecule has 0 radical (unpaired) electrons. The second-order valence-electron chi connectivity index (χ2n) is 3.20. The molecule has 1 aromatic rings. The second-order valence-corrected chi connectivity index (χ2v) is 3.60. The minimum Gasteiger partial charge on any atom is -0.483 e. The number of amidine groups is 1. The SMILES string of the molecule is Cc1cc(OC(C)C(N)=NO)ccc1Cl. The predicted octanol–water partition coefficient (Wildman–Crippen LogP) is 2.16. The summed E-state index contributed by atoms with van der Waals surface area (Å²) in [7, 11) is 0. The van der Waals surface area contributed by atoms with Crippen molar-refractivity contribution in [1.29, 1.82) is 0 Å². The van der Waals surface area contributed by atoms with Crippen LogP contribution in [0.1, 0.15) is 12.5 Å². The molecule has 5 heteroatoms. The van der Waals surface area contributed by atoms with E-state index in [1.165, 1.54) is 0 Å². The van der Waals surface area contributed by atoms with Gasteiger partial charge in [-0.1, -0.05) is 16.8 Å². The number of hydrogen-bond donors (Lipinski definition) is 2. The molecule has 0 spiro atoms. The van der Waals surface area contributed by atoms with E-state index >= 15 is 0 Å². The third-order valence-corrected chi connectivity index (χ3v) is 2.40. The standard InChI is InChI=1S/C10H13ClN2O2/c1-6-5-8(3-4-9(6)11)15-7(2)10(12)13-14/h3-5,7,14H,1-2H3,(H2,12,13). The molecule has 15 heavy (non-hydrogen) atoms. The van der Waals surface area contributed by atoms with Gasteiger partial charge < -0.3 is 15.7 Å². The largest absolute Gasteiger partial charge is 0.483 e. The third kappa shape index (κ3) is 3.02. The summed E-state index contributed by atoms with van der Waals surface area (Å²) < 4.78 is 5.43. The first kappa shape index (κ1) is 11.7. The number of nitrogens with two attached hydrogens (primary N) is 1. The maximum Gasteiger partial charge on any atom is 0.180 e. The summed E-state index contributed by atoms with van der Waals surface area (Å²) in [5.74, 6) is 0.665. The first-order chi connectivity index (χ1) is 7.04. The van der Waals surface area contributed by atoms with E-state index in [9.17, 15) is 0 Å². The molecule has 0 aromatic heterocycles. The summed E-state index contributed by atoms with van der Waals surface area (Å²) in [5.41, 5.74) is 6.30. The molecule has 0 saturated carbocycles. The van der Waals surface area contributed by atoms with Crippen LogP contribution in [0.2, 0.25) is 5.02 Å². The van der Waals surface area contributed by atoms with Gasteiger partial charge in [0.25, 0.3) is 0 Å². The number of benzene rings is 1. The summed E-state index contributed by atoms with van der Waals surface area (Å²) in [5, 5.41) is 12.0. The highest BCUT2D eigenvalue weighted by atomic mass is 35.5. The molecule has 0 amide bonds. The van der Waals surface area contributed by atoms with Crippen molar-refractivity contribution < 1.29 is 9.94 Å². The quantitative estimate of drug-likeness (QED) is 0.361. The average Bonchev–Trinajstić information content (AvgIpc) is 2.22. The molecule has 1 atom stereocenters. The van der Waals surface area contributed by atoms with Crippen molar-refractivity contribution in [2.75, 3.05) is 0 Å². The van der Waals surface area contributed by atoms with E-state index in [0.717, 1.165) is 5.56 Å². The van der Waals surface area contributed by atoms with Crippen LogP contribution in [0.3, 0.4) is 0 Å². The minimum absolute atomic E-state index is 0.0302. The van der Waals surface area contributed by atoms with E-state index in [-0.39, 0.29) is 5.84 Å². The maximum absolute atomic E-state index is 8.44. The molecule has 0 saturated heterocycles. The number of aryl methyl sites for hydroxylation is 1. The molecule has 0 aliphatic carbocycles. The van der Waals surface area contributed by atoms with Gasteiger partial charge in [-0.25, -0.2) is 0 Å². The number of hydrogen-bond acceptors (Lipinski definition) is 3. The Morgan fingerprint density at radius 3 is 2.80 bits per heavy atom. The molecule has 1 aromatic carbocycles. The van der Waals surface area contributed by atoms with Gasteiger partial charge in [0.1, 0.15) is 5.75 Å². The van der Waals surface area contributed by atoms with E-state index in [2.05, 4.69) is 5.16 Å². The molecule has 0 aliphatic rings. The van der Waals surface area contributed by atoms with Gasteiger partial charge in [-0.05, 0) is 37.6 Å². The fourth-order valence-corrected chi connectivity index (χ4v) is 1.15. The molecule has 0 bridgehead atoms. The van der Waals surface area contributed by atoms with Crippen LogP contribution < -0.4 is 10.5 Å². The van der Waals surface area contributed by atoms with Crippen molar-refractivity contribution in [3.05, 3.63) is 28.8 Å².